The predicted octanol–water partition coefficient (Wildman–Crippen LogP) is 1.66. The molecule has 112 valence electrons. The van der Waals surface area contributed by atoms with E-state index in [0.717, 1.165) is 30.4 Å². The minimum absolute atomic E-state index is 0.0996. The second-order valence-electron chi connectivity index (χ2n) is 5.36. The number of benzene rings is 1. The fraction of sp³-hybridized carbons (Fsp3) is 0.357. The number of nitrogens with zero attached hydrogens (tertiary/aromatic N) is 1. The Morgan fingerprint density at radius 3 is 2.95 bits per heavy atom. The Hall–Kier alpha value is -1.86. The van der Waals surface area contributed by atoms with Gasteiger partial charge in [-0.2, -0.15) is 0 Å². The molecule has 1 aromatic carbocycles. The molecule has 0 fully saturated rings. The van der Waals surface area contributed by atoms with E-state index < -0.39 is 10.0 Å². The van der Waals surface area contributed by atoms with Crippen molar-refractivity contribution in [3.05, 3.63) is 41.3 Å². The Balaban J connectivity index is 1.90. The molecule has 0 saturated carbocycles. The largest absolute Gasteiger partial charge is 0.399 e. The molecule has 1 unspecified atom stereocenters. The lowest BCUT2D eigenvalue weighted by Crippen LogP contribution is -2.31. The van der Waals surface area contributed by atoms with E-state index in [9.17, 15) is 8.42 Å². The van der Waals surface area contributed by atoms with E-state index in [4.69, 9.17) is 5.73 Å². The number of hydrogen-bond donors (Lipinski definition) is 3. The Labute approximate surface area is 123 Å². The van der Waals surface area contributed by atoms with Gasteiger partial charge in [0.05, 0.1) is 6.20 Å². The summed E-state index contributed by atoms with van der Waals surface area (Å²) < 4.78 is 27.5. The van der Waals surface area contributed by atoms with Crippen LogP contribution in [0.1, 0.15) is 35.8 Å². The van der Waals surface area contributed by atoms with Crippen LogP contribution in [0.3, 0.4) is 0 Å². The summed E-state index contributed by atoms with van der Waals surface area (Å²) in [7, 11) is -3.59. The van der Waals surface area contributed by atoms with E-state index >= 15 is 0 Å². The summed E-state index contributed by atoms with van der Waals surface area (Å²) in [5, 5.41) is 0.0996. The lowest BCUT2D eigenvalue weighted by Gasteiger charge is -2.26. The highest BCUT2D eigenvalue weighted by molar-refractivity contribution is 7.89. The normalized spacial score (nSPS) is 18.4. The zero-order valence-electron chi connectivity index (χ0n) is 11.8. The molecule has 21 heavy (non-hydrogen) atoms. The fourth-order valence-electron chi connectivity index (χ4n) is 2.74. The van der Waals surface area contributed by atoms with Gasteiger partial charge in [-0.25, -0.2) is 18.1 Å². The second-order valence-corrected chi connectivity index (χ2v) is 7.04. The molecular formula is C14H18N4O2S. The van der Waals surface area contributed by atoms with Gasteiger partial charge in [-0.1, -0.05) is 6.07 Å². The Morgan fingerprint density at radius 2 is 2.24 bits per heavy atom. The van der Waals surface area contributed by atoms with Gasteiger partial charge in [0, 0.05) is 11.7 Å². The molecule has 4 N–H and O–H groups in total. The highest BCUT2D eigenvalue weighted by Crippen LogP contribution is 2.32. The van der Waals surface area contributed by atoms with Crippen LogP contribution in [0, 0.1) is 6.92 Å². The molecule has 0 bridgehead atoms. The smallest absolute Gasteiger partial charge is 0.258 e. The maximum absolute atomic E-state index is 12.4. The predicted molar refractivity (Wildman–Crippen MR) is 80.2 cm³/mol. The van der Waals surface area contributed by atoms with Gasteiger partial charge in [0.15, 0.2) is 5.03 Å². The minimum Gasteiger partial charge on any atom is -0.399 e. The van der Waals surface area contributed by atoms with Crippen molar-refractivity contribution < 1.29 is 8.42 Å². The van der Waals surface area contributed by atoms with Crippen LogP contribution in [0.25, 0.3) is 0 Å². The summed E-state index contributed by atoms with van der Waals surface area (Å²) in [6, 6.07) is 5.43. The van der Waals surface area contributed by atoms with E-state index in [0.29, 0.717) is 11.5 Å². The highest BCUT2D eigenvalue weighted by Gasteiger charge is 2.26. The van der Waals surface area contributed by atoms with Gasteiger partial charge >= 0.3 is 0 Å². The zero-order valence-corrected chi connectivity index (χ0v) is 12.6. The molecule has 1 aromatic heterocycles. The van der Waals surface area contributed by atoms with Crippen LogP contribution in [0.15, 0.2) is 29.4 Å². The van der Waals surface area contributed by atoms with Crippen molar-refractivity contribution in [2.45, 2.75) is 37.3 Å². The van der Waals surface area contributed by atoms with Gasteiger partial charge < -0.3 is 10.7 Å². The Kier molecular flexibility index (Phi) is 3.46. The molecule has 2 aromatic rings. The first-order valence-corrected chi connectivity index (χ1v) is 8.36. The molecule has 1 heterocycles. The monoisotopic (exact) mass is 306 g/mol. The third kappa shape index (κ3) is 2.79. The number of nitrogen functional groups attached to an aromatic ring is 1. The molecule has 0 radical (unpaired) electrons. The van der Waals surface area contributed by atoms with Gasteiger partial charge in [0.1, 0.15) is 5.82 Å². The number of aromatic nitrogens is 2. The van der Waals surface area contributed by atoms with Crippen LogP contribution in [-0.4, -0.2) is 18.4 Å². The van der Waals surface area contributed by atoms with Gasteiger partial charge in [-0.15, -0.1) is 0 Å². The Bertz CT molecular complexity index is 767. The molecule has 0 amide bonds. The van der Waals surface area contributed by atoms with E-state index in [1.54, 1.807) is 6.92 Å². The van der Waals surface area contributed by atoms with Crippen molar-refractivity contribution in [1.29, 1.82) is 0 Å². The van der Waals surface area contributed by atoms with Crippen molar-refractivity contribution in [3.63, 3.8) is 0 Å². The number of hydrogen-bond acceptors (Lipinski definition) is 4. The minimum atomic E-state index is -3.59. The van der Waals surface area contributed by atoms with Crippen molar-refractivity contribution in [3.8, 4) is 0 Å². The zero-order chi connectivity index (χ0) is 15.0. The molecule has 0 aliphatic heterocycles. The SMILES string of the molecule is Cc1ncc(S(=O)(=O)NC2CCCc3cc(N)ccc32)[nH]1. The number of aryl methyl sites for hydroxylation is 2. The number of sulfonamides is 1. The topological polar surface area (TPSA) is 101 Å². The number of rotatable bonds is 3. The summed E-state index contributed by atoms with van der Waals surface area (Å²) in [4.78, 5) is 6.70. The summed E-state index contributed by atoms with van der Waals surface area (Å²) in [5.41, 5.74) is 8.64. The lowest BCUT2D eigenvalue weighted by molar-refractivity contribution is 0.506. The number of aromatic amines is 1. The number of nitrogens with one attached hydrogen (secondary N) is 2. The van der Waals surface area contributed by atoms with E-state index in [2.05, 4.69) is 14.7 Å². The lowest BCUT2D eigenvalue weighted by atomic mass is 9.88. The summed E-state index contributed by atoms with van der Waals surface area (Å²) >= 11 is 0. The third-order valence-corrected chi connectivity index (χ3v) is 5.13. The maximum atomic E-state index is 12.4. The molecule has 1 aliphatic rings. The second kappa shape index (κ2) is 5.16. The summed E-state index contributed by atoms with van der Waals surface area (Å²) in [5.74, 6) is 0.576. The van der Waals surface area contributed by atoms with Crippen molar-refractivity contribution in [2.24, 2.45) is 0 Å². The van der Waals surface area contributed by atoms with Gasteiger partial charge in [0.2, 0.25) is 0 Å². The van der Waals surface area contributed by atoms with Crippen LogP contribution < -0.4 is 10.5 Å². The van der Waals surface area contributed by atoms with Crippen LogP contribution >= 0.6 is 0 Å². The maximum Gasteiger partial charge on any atom is 0.258 e. The molecular weight excluding hydrogens is 288 g/mol. The molecule has 3 rings (SSSR count). The van der Waals surface area contributed by atoms with E-state index in [-0.39, 0.29) is 11.1 Å². The van der Waals surface area contributed by atoms with Gasteiger partial charge in [-0.3, -0.25) is 0 Å². The summed E-state index contributed by atoms with van der Waals surface area (Å²) in [6.45, 7) is 1.72. The van der Waals surface area contributed by atoms with Gasteiger partial charge in [0.25, 0.3) is 10.0 Å². The number of imidazole rings is 1. The van der Waals surface area contributed by atoms with E-state index in [1.165, 1.54) is 6.20 Å². The average Bonchev–Trinajstić information content (AvgIpc) is 2.86. The molecule has 6 nitrogen and oxygen atoms in total. The molecule has 0 spiro atoms. The standard InChI is InChI=1S/C14H18N4O2S/c1-9-16-8-14(17-9)21(19,20)18-13-4-2-3-10-7-11(15)5-6-12(10)13/h5-8,13,18H,2-4,15H2,1H3,(H,16,17). The first-order valence-electron chi connectivity index (χ1n) is 6.88. The van der Waals surface area contributed by atoms with Crippen LogP contribution in [0.4, 0.5) is 5.69 Å². The van der Waals surface area contributed by atoms with Crippen molar-refractivity contribution in [2.75, 3.05) is 5.73 Å². The molecule has 1 atom stereocenters. The number of fused-ring (bicyclic) bond motifs is 1. The third-order valence-electron chi connectivity index (χ3n) is 3.75. The van der Waals surface area contributed by atoms with Crippen LogP contribution in [0.5, 0.6) is 0 Å². The fourth-order valence-corrected chi connectivity index (χ4v) is 3.96. The van der Waals surface area contributed by atoms with Crippen LogP contribution in [0.2, 0.25) is 0 Å². The first-order chi connectivity index (χ1) is 9.95. The average molecular weight is 306 g/mol. The highest BCUT2D eigenvalue weighted by atomic mass is 32.2. The number of anilines is 1. The van der Waals surface area contributed by atoms with Crippen molar-refractivity contribution >= 4 is 15.7 Å². The van der Waals surface area contributed by atoms with E-state index in [1.807, 2.05) is 18.2 Å². The molecule has 1 aliphatic carbocycles. The van der Waals surface area contributed by atoms with Crippen molar-refractivity contribution in [1.82, 2.24) is 14.7 Å². The molecule has 7 heteroatoms. The van der Waals surface area contributed by atoms with Gasteiger partial charge in [-0.05, 0) is 49.4 Å². The van der Waals surface area contributed by atoms with Crippen LogP contribution in [-0.2, 0) is 16.4 Å². The quantitative estimate of drug-likeness (QED) is 0.751. The number of H-pyrrole nitrogens is 1. The molecule has 0 saturated heterocycles. The summed E-state index contributed by atoms with van der Waals surface area (Å²) in [6.07, 6.45) is 3.99. The first kappa shape index (κ1) is 14.1. The Morgan fingerprint density at radius 1 is 1.43 bits per heavy atom. The number of nitrogens with two attached hydrogens (primary N) is 1.